The first-order valence-corrected chi connectivity index (χ1v) is 6.83. The molecule has 0 aliphatic heterocycles. The van der Waals surface area contributed by atoms with Crippen LogP contribution in [0.25, 0.3) is 11.3 Å². The van der Waals surface area contributed by atoms with Gasteiger partial charge >= 0.3 is 12.4 Å². The number of nitriles is 1. The van der Waals surface area contributed by atoms with Gasteiger partial charge in [0, 0.05) is 12.0 Å². The fourth-order valence-electron chi connectivity index (χ4n) is 1.95. The van der Waals surface area contributed by atoms with E-state index >= 15 is 0 Å². The van der Waals surface area contributed by atoms with E-state index < -0.39 is 37.4 Å². The highest BCUT2D eigenvalue weighted by atomic mass is 19.4. The van der Waals surface area contributed by atoms with E-state index in [0.29, 0.717) is 6.07 Å². The standard InChI is InChI=1S/C14H10F6N4O/c15-13(16,17)2-1-3-25-10-5-8(4-9(6-10)14(18,19)20)12-11(7-21)22-24-23-12/h4-6H,1-3H2,(H,22,23,24). The average Bonchev–Trinajstić information content (AvgIpc) is 2.98. The van der Waals surface area contributed by atoms with Gasteiger partial charge in [-0.25, -0.2) is 5.10 Å². The summed E-state index contributed by atoms with van der Waals surface area (Å²) in [5.41, 5.74) is -1.44. The van der Waals surface area contributed by atoms with Crippen molar-refractivity contribution in [2.75, 3.05) is 6.61 Å². The van der Waals surface area contributed by atoms with E-state index in [1.807, 2.05) is 0 Å². The van der Waals surface area contributed by atoms with Gasteiger partial charge in [0.15, 0.2) is 5.69 Å². The second-order valence-corrected chi connectivity index (χ2v) is 4.96. The summed E-state index contributed by atoms with van der Waals surface area (Å²) in [5.74, 6) is -0.279. The molecule has 1 heterocycles. The van der Waals surface area contributed by atoms with Crippen LogP contribution >= 0.6 is 0 Å². The summed E-state index contributed by atoms with van der Waals surface area (Å²) >= 11 is 0. The van der Waals surface area contributed by atoms with Crippen molar-refractivity contribution in [3.05, 3.63) is 29.5 Å². The second kappa shape index (κ2) is 7.00. The molecule has 1 aromatic heterocycles. The summed E-state index contributed by atoms with van der Waals surface area (Å²) in [4.78, 5) is 0. The van der Waals surface area contributed by atoms with E-state index in [2.05, 4.69) is 15.4 Å². The van der Waals surface area contributed by atoms with Gasteiger partial charge in [-0.3, -0.25) is 0 Å². The number of nitrogens with one attached hydrogen (secondary N) is 1. The summed E-state index contributed by atoms with van der Waals surface area (Å²) in [6.07, 6.45) is -10.6. The molecule has 0 amide bonds. The number of aromatic amines is 1. The molecular formula is C14H10F6N4O. The summed E-state index contributed by atoms with van der Waals surface area (Å²) in [5, 5.41) is 18.0. The van der Waals surface area contributed by atoms with Crippen molar-refractivity contribution in [3.63, 3.8) is 0 Å². The van der Waals surface area contributed by atoms with E-state index in [1.54, 1.807) is 6.07 Å². The zero-order valence-corrected chi connectivity index (χ0v) is 12.4. The van der Waals surface area contributed by atoms with Crippen LogP contribution in [0.2, 0.25) is 0 Å². The predicted molar refractivity (Wildman–Crippen MR) is 72.3 cm³/mol. The third-order valence-electron chi connectivity index (χ3n) is 3.04. The third-order valence-corrected chi connectivity index (χ3v) is 3.04. The summed E-state index contributed by atoms with van der Waals surface area (Å²) in [6.45, 7) is -0.413. The summed E-state index contributed by atoms with van der Waals surface area (Å²) in [6, 6.07) is 4.27. The summed E-state index contributed by atoms with van der Waals surface area (Å²) < 4.78 is 80.3. The highest BCUT2D eigenvalue weighted by Gasteiger charge is 2.32. The molecule has 0 aliphatic rings. The van der Waals surface area contributed by atoms with E-state index in [0.717, 1.165) is 12.1 Å². The van der Waals surface area contributed by atoms with Gasteiger partial charge in [-0.15, -0.1) is 5.10 Å². The van der Waals surface area contributed by atoms with Crippen LogP contribution < -0.4 is 4.74 Å². The number of ether oxygens (including phenoxy) is 1. The maximum Gasteiger partial charge on any atom is 0.416 e. The minimum atomic E-state index is -4.71. The monoisotopic (exact) mass is 364 g/mol. The van der Waals surface area contributed by atoms with Crippen molar-refractivity contribution in [1.82, 2.24) is 15.4 Å². The number of rotatable bonds is 5. The number of H-pyrrole nitrogens is 1. The Bertz CT molecular complexity index is 775. The quantitative estimate of drug-likeness (QED) is 0.641. The second-order valence-electron chi connectivity index (χ2n) is 4.96. The Morgan fingerprint density at radius 1 is 1.12 bits per heavy atom. The van der Waals surface area contributed by atoms with E-state index in [-0.39, 0.29) is 22.7 Å². The van der Waals surface area contributed by atoms with Crippen molar-refractivity contribution in [3.8, 4) is 23.1 Å². The molecule has 11 heteroatoms. The molecule has 0 radical (unpaired) electrons. The van der Waals surface area contributed by atoms with E-state index in [4.69, 9.17) is 10.00 Å². The lowest BCUT2D eigenvalue weighted by Gasteiger charge is -2.13. The Hall–Kier alpha value is -2.77. The van der Waals surface area contributed by atoms with Crippen molar-refractivity contribution in [1.29, 1.82) is 5.26 Å². The average molecular weight is 364 g/mol. The van der Waals surface area contributed by atoms with E-state index in [9.17, 15) is 26.3 Å². The van der Waals surface area contributed by atoms with Crippen LogP contribution in [-0.2, 0) is 6.18 Å². The van der Waals surface area contributed by atoms with Gasteiger partial charge in [-0.1, -0.05) is 5.21 Å². The van der Waals surface area contributed by atoms with Crippen LogP contribution in [0.15, 0.2) is 18.2 Å². The first-order chi connectivity index (χ1) is 11.6. The van der Waals surface area contributed by atoms with Gasteiger partial charge in [-0.05, 0) is 24.6 Å². The molecule has 1 aromatic carbocycles. The minimum absolute atomic E-state index is 0.0917. The maximum absolute atomic E-state index is 13.0. The number of hydrogen-bond donors (Lipinski definition) is 1. The lowest BCUT2D eigenvalue weighted by atomic mass is 10.1. The highest BCUT2D eigenvalue weighted by molar-refractivity contribution is 5.66. The van der Waals surface area contributed by atoms with Crippen molar-refractivity contribution in [2.45, 2.75) is 25.2 Å². The fraction of sp³-hybridized carbons (Fsp3) is 0.357. The SMILES string of the molecule is N#Cc1[nH]nnc1-c1cc(OCCCC(F)(F)F)cc(C(F)(F)F)c1. The largest absolute Gasteiger partial charge is 0.494 e. The molecule has 0 fully saturated rings. The fourth-order valence-corrected chi connectivity index (χ4v) is 1.95. The Balaban J connectivity index is 2.28. The van der Waals surface area contributed by atoms with Gasteiger partial charge in [0.1, 0.15) is 17.5 Å². The summed E-state index contributed by atoms with van der Waals surface area (Å²) in [7, 11) is 0. The lowest BCUT2D eigenvalue weighted by Crippen LogP contribution is -2.10. The molecule has 134 valence electrons. The molecule has 5 nitrogen and oxygen atoms in total. The molecule has 0 aliphatic carbocycles. The third kappa shape index (κ3) is 5.10. The van der Waals surface area contributed by atoms with Crippen LogP contribution in [-0.4, -0.2) is 28.2 Å². The number of hydrogen-bond acceptors (Lipinski definition) is 4. The first kappa shape index (κ1) is 18.6. The Labute approximate surface area is 137 Å². The highest BCUT2D eigenvalue weighted by Crippen LogP contribution is 2.35. The minimum Gasteiger partial charge on any atom is -0.494 e. The zero-order chi connectivity index (χ0) is 18.7. The Morgan fingerprint density at radius 2 is 1.84 bits per heavy atom. The topological polar surface area (TPSA) is 74.6 Å². The molecular weight excluding hydrogens is 354 g/mol. The van der Waals surface area contributed by atoms with Crippen LogP contribution in [0.5, 0.6) is 5.75 Å². The van der Waals surface area contributed by atoms with Crippen molar-refractivity contribution in [2.24, 2.45) is 0 Å². The molecule has 1 N–H and O–H groups in total. The molecule has 25 heavy (non-hydrogen) atoms. The molecule has 2 aromatic rings. The van der Waals surface area contributed by atoms with Gasteiger partial charge in [0.2, 0.25) is 0 Å². The molecule has 0 bridgehead atoms. The molecule has 0 atom stereocenters. The van der Waals surface area contributed by atoms with E-state index in [1.165, 1.54) is 0 Å². The molecule has 0 spiro atoms. The molecule has 0 saturated heterocycles. The van der Waals surface area contributed by atoms with Gasteiger partial charge in [0.05, 0.1) is 12.2 Å². The van der Waals surface area contributed by atoms with Gasteiger partial charge < -0.3 is 4.74 Å². The number of nitrogens with zero attached hydrogens (tertiary/aromatic N) is 3. The maximum atomic E-state index is 13.0. The molecule has 2 rings (SSSR count). The number of alkyl halides is 6. The molecule has 0 unspecified atom stereocenters. The number of aromatic nitrogens is 3. The van der Waals surface area contributed by atoms with Crippen LogP contribution in [0.1, 0.15) is 24.1 Å². The number of benzene rings is 1. The van der Waals surface area contributed by atoms with Gasteiger partial charge in [0.25, 0.3) is 0 Å². The van der Waals surface area contributed by atoms with Crippen LogP contribution in [0, 0.1) is 11.3 Å². The van der Waals surface area contributed by atoms with Gasteiger partial charge in [-0.2, -0.15) is 31.6 Å². The van der Waals surface area contributed by atoms with Crippen LogP contribution in [0.4, 0.5) is 26.3 Å². The van der Waals surface area contributed by atoms with Crippen molar-refractivity contribution < 1.29 is 31.1 Å². The van der Waals surface area contributed by atoms with Crippen molar-refractivity contribution >= 4 is 0 Å². The normalized spacial score (nSPS) is 12.0. The van der Waals surface area contributed by atoms with Crippen LogP contribution in [0.3, 0.4) is 0 Å². The molecule has 0 saturated carbocycles. The zero-order valence-electron chi connectivity index (χ0n) is 12.4. The Kier molecular flexibility index (Phi) is 5.20. The Morgan fingerprint density at radius 3 is 2.44 bits per heavy atom. The lowest BCUT2D eigenvalue weighted by molar-refractivity contribution is -0.137. The smallest absolute Gasteiger partial charge is 0.416 e. The number of halogens is 6. The first-order valence-electron chi connectivity index (χ1n) is 6.83. The predicted octanol–water partition coefficient (Wildman–Crippen LogP) is 4.08.